The molecule has 12 nitrogen and oxygen atoms in total. The van der Waals surface area contributed by atoms with Crippen LogP contribution in [-0.2, 0) is 38.7 Å². The monoisotopic (exact) mass is 829 g/mol. The zero-order valence-electron chi connectivity index (χ0n) is 33.5. The number of imide groups is 1. The van der Waals surface area contributed by atoms with Crippen molar-refractivity contribution in [3.63, 3.8) is 0 Å². The van der Waals surface area contributed by atoms with Gasteiger partial charge in [0, 0.05) is 98.1 Å². The number of aromatic amines is 1. The molecular weight excluding hydrogens is 783 g/mol. The number of amides is 4. The quantitative estimate of drug-likeness (QED) is 0.147. The second kappa shape index (κ2) is 16.4. The molecule has 4 aromatic rings. The molecule has 16 heteroatoms. The summed E-state index contributed by atoms with van der Waals surface area (Å²) in [5.74, 6) is -2.86. The van der Waals surface area contributed by atoms with Gasteiger partial charge >= 0.3 is 0 Å². The maximum absolute atomic E-state index is 16.2. The van der Waals surface area contributed by atoms with Gasteiger partial charge in [0.15, 0.2) is 0 Å². The summed E-state index contributed by atoms with van der Waals surface area (Å²) >= 11 is 0. The Morgan fingerprint density at radius 2 is 1.72 bits per heavy atom. The lowest BCUT2D eigenvalue weighted by Crippen LogP contribution is -2.60. The number of nitrogens with one attached hydrogen (secondary N) is 2. The van der Waals surface area contributed by atoms with Gasteiger partial charge in [-0.3, -0.25) is 33.9 Å². The van der Waals surface area contributed by atoms with Crippen LogP contribution in [0.25, 0.3) is 10.9 Å². The molecule has 1 aromatic heterocycles. The third-order valence-electron chi connectivity index (χ3n) is 12.8. The predicted molar refractivity (Wildman–Crippen MR) is 214 cm³/mol. The average molecular weight is 830 g/mol. The largest absolute Gasteiger partial charge is 0.371 e. The molecule has 4 amide bonds. The number of rotatable bonds is 13. The van der Waals surface area contributed by atoms with Crippen LogP contribution < -0.4 is 10.2 Å². The minimum absolute atomic E-state index is 0.00544. The van der Waals surface area contributed by atoms with Crippen molar-refractivity contribution in [2.24, 2.45) is 5.41 Å². The highest BCUT2D eigenvalue weighted by molar-refractivity contribution is 6.04. The molecule has 0 saturated carbocycles. The third-order valence-corrected chi connectivity index (χ3v) is 12.8. The van der Waals surface area contributed by atoms with Crippen molar-refractivity contribution >= 4 is 47.0 Å². The number of fused-ring (bicyclic) bond motifs is 4. The van der Waals surface area contributed by atoms with Gasteiger partial charge in [0.1, 0.15) is 24.0 Å². The molecule has 0 bridgehead atoms. The highest BCUT2D eigenvalue weighted by Crippen LogP contribution is 2.44. The summed E-state index contributed by atoms with van der Waals surface area (Å²) in [6.45, 7) is 4.41. The lowest BCUT2D eigenvalue weighted by molar-refractivity contribution is -0.143. The molecule has 1 spiro atoms. The number of carbonyl (C=O) groups is 5. The lowest BCUT2D eigenvalue weighted by atomic mass is 9.79. The molecule has 5 heterocycles. The third kappa shape index (κ3) is 7.55. The molecule has 2 unspecified atom stereocenters. The molecule has 2 saturated heterocycles. The van der Waals surface area contributed by atoms with E-state index in [0.717, 1.165) is 38.9 Å². The van der Waals surface area contributed by atoms with Gasteiger partial charge in [0.2, 0.25) is 18.2 Å². The Bertz CT molecular complexity index is 2340. The Labute approximate surface area is 344 Å². The first-order valence-electron chi connectivity index (χ1n) is 20.2. The Morgan fingerprint density at radius 3 is 2.40 bits per heavy atom. The summed E-state index contributed by atoms with van der Waals surface area (Å²) in [5, 5.41) is 3.36. The van der Waals surface area contributed by atoms with E-state index in [2.05, 4.69) is 10.3 Å². The van der Waals surface area contributed by atoms with E-state index in [9.17, 15) is 32.8 Å². The molecule has 3 aromatic carbocycles. The zero-order valence-corrected chi connectivity index (χ0v) is 33.5. The number of likely N-dealkylation sites (tertiary alicyclic amines) is 1. The first-order chi connectivity index (χ1) is 28.8. The van der Waals surface area contributed by atoms with Crippen molar-refractivity contribution in [1.29, 1.82) is 0 Å². The van der Waals surface area contributed by atoms with Crippen LogP contribution in [0.5, 0.6) is 0 Å². The van der Waals surface area contributed by atoms with Gasteiger partial charge in [0.05, 0.1) is 19.1 Å². The van der Waals surface area contributed by atoms with E-state index < -0.39 is 48.5 Å². The second-order valence-electron chi connectivity index (χ2n) is 16.6. The second-order valence-corrected chi connectivity index (χ2v) is 16.6. The smallest absolute Gasteiger partial charge is 0.261 e. The fourth-order valence-electron chi connectivity index (χ4n) is 9.83. The number of alkyl halides is 2. The number of H-pyrrole nitrogens is 1. The molecule has 8 rings (SSSR count). The fourth-order valence-corrected chi connectivity index (χ4v) is 9.83. The molecule has 0 radical (unpaired) electrons. The van der Waals surface area contributed by atoms with E-state index in [1.165, 1.54) is 24.1 Å². The van der Waals surface area contributed by atoms with Crippen LogP contribution in [0.15, 0.2) is 48.5 Å². The van der Waals surface area contributed by atoms with Crippen LogP contribution in [0.2, 0.25) is 0 Å². The molecule has 60 heavy (non-hydrogen) atoms. The summed E-state index contributed by atoms with van der Waals surface area (Å²) < 4.78 is 59.9. The number of likely N-dealkylation sites (N-methyl/N-ethyl adjacent to an activating group) is 1. The van der Waals surface area contributed by atoms with Crippen LogP contribution in [0, 0.1) is 24.0 Å². The van der Waals surface area contributed by atoms with Gasteiger partial charge in [-0.25, -0.2) is 17.6 Å². The molecular formula is C44H47F4N7O5. The number of aryl methyl sites for hydroxylation is 1. The molecule has 2 N–H and O–H groups in total. The summed E-state index contributed by atoms with van der Waals surface area (Å²) in [6, 6.07) is 11.5. The number of aldehydes is 1. The highest BCUT2D eigenvalue weighted by Gasteiger charge is 2.50. The SMILES string of the molecule is CNC(=O)C(CCC=O)N(C=O)C(=O)c1cc2c(cc1C)CN(CC(=O)N1CC3(CCN(c4cc(F)c(C5c6[nH]c7ccccc7c6CCN5CC(F)F)c(F)c4)C3)C1)C2. The number of hydrogen-bond donors (Lipinski definition) is 2. The van der Waals surface area contributed by atoms with Gasteiger partial charge in [-0.05, 0) is 72.7 Å². The topological polar surface area (TPSA) is 129 Å². The van der Waals surface area contributed by atoms with Gasteiger partial charge in [-0.15, -0.1) is 0 Å². The lowest BCUT2D eigenvalue weighted by Gasteiger charge is -2.48. The maximum Gasteiger partial charge on any atom is 0.261 e. The van der Waals surface area contributed by atoms with Crippen molar-refractivity contribution in [2.75, 3.05) is 57.8 Å². The maximum atomic E-state index is 16.2. The first kappa shape index (κ1) is 41.1. The van der Waals surface area contributed by atoms with E-state index in [1.54, 1.807) is 17.9 Å². The Hall–Kier alpha value is -5.61. The van der Waals surface area contributed by atoms with E-state index in [1.807, 2.05) is 40.1 Å². The van der Waals surface area contributed by atoms with E-state index in [-0.39, 0.29) is 48.4 Å². The molecule has 316 valence electrons. The first-order valence-corrected chi connectivity index (χ1v) is 20.2. The number of halogens is 4. The van der Waals surface area contributed by atoms with Gasteiger partial charge in [-0.1, -0.05) is 24.3 Å². The molecule has 4 aliphatic rings. The van der Waals surface area contributed by atoms with Crippen LogP contribution in [-0.4, -0.2) is 120 Å². The normalized spacial score (nSPS) is 19.0. The van der Waals surface area contributed by atoms with Gasteiger partial charge < -0.3 is 24.9 Å². The van der Waals surface area contributed by atoms with Crippen molar-refractivity contribution in [3.05, 3.63) is 99.2 Å². The van der Waals surface area contributed by atoms with E-state index >= 15 is 8.78 Å². The fraction of sp³-hybridized carbons (Fsp3) is 0.432. The van der Waals surface area contributed by atoms with E-state index in [4.69, 9.17) is 0 Å². The number of nitrogens with zero attached hydrogens (tertiary/aromatic N) is 5. The summed E-state index contributed by atoms with van der Waals surface area (Å²) in [6.07, 6.45) is -0.551. The predicted octanol–water partition coefficient (Wildman–Crippen LogP) is 4.71. The number of aromatic nitrogens is 1. The standard InChI is InChI=1S/C44H47F4N7O5/c1-26-14-27-18-51(19-28(27)15-32(26)43(60)55(25-57)36(8-5-13-56)42(59)49-2)21-38(58)54-23-44(24-54)10-12-53(22-44)29-16-33(45)39(34(46)17-29)41-40-31(9-11-52(41)20-37(47)48)30-6-3-4-7-35(30)50-40/h3-4,6-7,13-17,25,36-37,41,50H,5,8-12,18-24H2,1-2H3,(H,49,59). The van der Waals surface area contributed by atoms with Crippen LogP contribution in [0.3, 0.4) is 0 Å². The van der Waals surface area contributed by atoms with Crippen LogP contribution >= 0.6 is 0 Å². The molecule has 0 aliphatic carbocycles. The Morgan fingerprint density at radius 1 is 1.00 bits per heavy atom. The van der Waals surface area contributed by atoms with Crippen molar-refractivity contribution in [3.8, 4) is 0 Å². The number of para-hydroxylation sites is 1. The van der Waals surface area contributed by atoms with Gasteiger partial charge in [-0.2, -0.15) is 0 Å². The highest BCUT2D eigenvalue weighted by atomic mass is 19.3. The summed E-state index contributed by atoms with van der Waals surface area (Å²) in [4.78, 5) is 73.9. The average Bonchev–Trinajstić information content (AvgIpc) is 3.93. The zero-order chi connectivity index (χ0) is 42.5. The minimum atomic E-state index is -2.68. The number of carbonyl (C=O) groups excluding carboxylic acids is 5. The Balaban J connectivity index is 0.904. The Kier molecular flexibility index (Phi) is 11.3. The summed E-state index contributed by atoms with van der Waals surface area (Å²) in [5.41, 5.74) is 4.71. The number of anilines is 1. The molecule has 2 fully saturated rings. The number of hydrogen-bond acceptors (Lipinski definition) is 8. The van der Waals surface area contributed by atoms with Gasteiger partial charge in [0.25, 0.3) is 12.3 Å². The van der Waals surface area contributed by atoms with Crippen LogP contribution in [0.1, 0.15) is 69.2 Å². The van der Waals surface area contributed by atoms with Crippen molar-refractivity contribution in [1.82, 2.24) is 29.9 Å². The number of benzene rings is 3. The molecule has 4 aliphatic heterocycles. The van der Waals surface area contributed by atoms with Crippen molar-refractivity contribution in [2.45, 2.75) is 64.2 Å². The van der Waals surface area contributed by atoms with Crippen LogP contribution in [0.4, 0.5) is 23.2 Å². The van der Waals surface area contributed by atoms with E-state index in [0.29, 0.717) is 75.3 Å². The van der Waals surface area contributed by atoms with Crippen molar-refractivity contribution < 1.29 is 41.5 Å². The molecule has 2 atom stereocenters. The summed E-state index contributed by atoms with van der Waals surface area (Å²) in [7, 11) is 1.39. The minimum Gasteiger partial charge on any atom is -0.371 e.